The Balaban J connectivity index is 2.53. The molecule has 0 spiro atoms. The third kappa shape index (κ3) is 3.69. The molecule has 0 saturated heterocycles. The summed E-state index contributed by atoms with van der Waals surface area (Å²) >= 11 is 0. The highest BCUT2D eigenvalue weighted by atomic mass is 32.2. The molecule has 90 valence electrons. The predicted molar refractivity (Wildman–Crippen MR) is 66.2 cm³/mol. The molecule has 1 heterocycles. The predicted octanol–water partition coefficient (Wildman–Crippen LogP) is 0.819. The largest absolute Gasteiger partial charge is 0.397 e. The number of sulfone groups is 1. The van der Waals surface area contributed by atoms with Crippen LogP contribution in [0.15, 0.2) is 12.3 Å². The molecule has 0 bridgehead atoms. The van der Waals surface area contributed by atoms with E-state index in [0.717, 1.165) is 5.56 Å². The molecule has 5 nitrogen and oxygen atoms in total. The molecule has 3 N–H and O–H groups in total. The average molecular weight is 243 g/mol. The third-order valence-electron chi connectivity index (χ3n) is 2.31. The third-order valence-corrected chi connectivity index (χ3v) is 4.02. The van der Waals surface area contributed by atoms with Gasteiger partial charge in [-0.2, -0.15) is 0 Å². The number of nitrogens with one attached hydrogen (secondary N) is 1. The maximum Gasteiger partial charge on any atom is 0.151 e. The molecule has 0 atom stereocenters. The van der Waals surface area contributed by atoms with E-state index in [1.165, 1.54) is 0 Å². The Labute approximate surface area is 96.0 Å². The van der Waals surface area contributed by atoms with E-state index in [-0.39, 0.29) is 11.5 Å². The van der Waals surface area contributed by atoms with Crippen molar-refractivity contribution in [3.8, 4) is 0 Å². The summed E-state index contributed by atoms with van der Waals surface area (Å²) in [7, 11) is -2.92. The number of hydrogen-bond donors (Lipinski definition) is 2. The van der Waals surface area contributed by atoms with E-state index in [0.29, 0.717) is 18.1 Å². The summed E-state index contributed by atoms with van der Waals surface area (Å²) in [5.41, 5.74) is 7.18. The van der Waals surface area contributed by atoms with Crippen LogP contribution in [0.25, 0.3) is 0 Å². The van der Waals surface area contributed by atoms with E-state index in [1.54, 1.807) is 19.2 Å². The van der Waals surface area contributed by atoms with Gasteiger partial charge in [0.05, 0.1) is 17.6 Å². The van der Waals surface area contributed by atoms with Crippen LogP contribution in [0.2, 0.25) is 0 Å². The number of pyridine rings is 1. The first-order valence-corrected chi connectivity index (χ1v) is 6.93. The minimum Gasteiger partial charge on any atom is -0.397 e. The second kappa shape index (κ2) is 5.16. The van der Waals surface area contributed by atoms with Crippen molar-refractivity contribution >= 4 is 21.3 Å². The second-order valence-corrected chi connectivity index (χ2v) is 6.06. The summed E-state index contributed by atoms with van der Waals surface area (Å²) in [6.45, 7) is 3.89. The van der Waals surface area contributed by atoms with Crippen molar-refractivity contribution in [1.29, 1.82) is 0 Å². The number of nitrogens with two attached hydrogens (primary N) is 1. The summed E-state index contributed by atoms with van der Waals surface area (Å²) < 4.78 is 22.5. The number of nitrogens with zero attached hydrogens (tertiary/aromatic N) is 1. The lowest BCUT2D eigenvalue weighted by Crippen LogP contribution is -2.17. The molecule has 6 heteroatoms. The first-order valence-electron chi connectivity index (χ1n) is 5.11. The van der Waals surface area contributed by atoms with Gasteiger partial charge in [-0.05, 0) is 18.6 Å². The highest BCUT2D eigenvalue weighted by molar-refractivity contribution is 7.91. The SMILES string of the molecule is CCS(=O)(=O)CCNc1cc(C)c(N)cn1. The van der Waals surface area contributed by atoms with Crippen molar-refractivity contribution in [1.82, 2.24) is 4.98 Å². The number of hydrogen-bond acceptors (Lipinski definition) is 5. The van der Waals surface area contributed by atoms with Gasteiger partial charge >= 0.3 is 0 Å². The molecule has 0 aliphatic heterocycles. The number of rotatable bonds is 5. The maximum atomic E-state index is 11.2. The molecular formula is C10H17N3O2S. The first-order chi connectivity index (χ1) is 7.44. The van der Waals surface area contributed by atoms with Gasteiger partial charge in [0.25, 0.3) is 0 Å². The first kappa shape index (κ1) is 12.8. The van der Waals surface area contributed by atoms with Crippen molar-refractivity contribution in [3.63, 3.8) is 0 Å². The van der Waals surface area contributed by atoms with Crippen LogP contribution in [0.4, 0.5) is 11.5 Å². The monoisotopic (exact) mass is 243 g/mol. The Morgan fingerprint density at radius 1 is 1.50 bits per heavy atom. The molecule has 0 aromatic carbocycles. The van der Waals surface area contributed by atoms with Crippen LogP contribution in [0, 0.1) is 6.92 Å². The fourth-order valence-electron chi connectivity index (χ4n) is 1.14. The average Bonchev–Trinajstić information content (AvgIpc) is 2.23. The summed E-state index contributed by atoms with van der Waals surface area (Å²) in [6.07, 6.45) is 1.56. The molecule has 0 radical (unpaired) electrons. The van der Waals surface area contributed by atoms with Crippen LogP contribution < -0.4 is 11.1 Å². The molecule has 16 heavy (non-hydrogen) atoms. The van der Waals surface area contributed by atoms with Gasteiger partial charge in [-0.3, -0.25) is 0 Å². The zero-order valence-electron chi connectivity index (χ0n) is 9.53. The number of aromatic nitrogens is 1. The number of aryl methyl sites for hydroxylation is 1. The van der Waals surface area contributed by atoms with E-state index in [2.05, 4.69) is 10.3 Å². The van der Waals surface area contributed by atoms with Crippen LogP contribution >= 0.6 is 0 Å². The molecule has 0 aliphatic carbocycles. The van der Waals surface area contributed by atoms with Gasteiger partial charge in [-0.1, -0.05) is 6.92 Å². The smallest absolute Gasteiger partial charge is 0.151 e. The Bertz CT molecular complexity index is 457. The van der Waals surface area contributed by atoms with Gasteiger partial charge in [0, 0.05) is 12.3 Å². The zero-order chi connectivity index (χ0) is 12.2. The second-order valence-electron chi connectivity index (χ2n) is 3.59. The van der Waals surface area contributed by atoms with E-state index >= 15 is 0 Å². The fourth-order valence-corrected chi connectivity index (χ4v) is 1.84. The highest BCUT2D eigenvalue weighted by Crippen LogP contribution is 2.12. The van der Waals surface area contributed by atoms with Gasteiger partial charge in [0.1, 0.15) is 5.82 Å². The molecule has 1 rings (SSSR count). The topological polar surface area (TPSA) is 85.1 Å². The Morgan fingerprint density at radius 3 is 2.75 bits per heavy atom. The lowest BCUT2D eigenvalue weighted by molar-refractivity contribution is 0.597. The molecule has 0 fully saturated rings. The van der Waals surface area contributed by atoms with E-state index < -0.39 is 9.84 Å². The van der Waals surface area contributed by atoms with Crippen molar-refractivity contribution in [2.45, 2.75) is 13.8 Å². The lowest BCUT2D eigenvalue weighted by atomic mass is 10.2. The number of nitrogen functional groups attached to an aromatic ring is 1. The normalized spacial score (nSPS) is 11.4. The van der Waals surface area contributed by atoms with Gasteiger partial charge < -0.3 is 11.1 Å². The molecule has 0 unspecified atom stereocenters. The van der Waals surface area contributed by atoms with Gasteiger partial charge in [0.2, 0.25) is 0 Å². The van der Waals surface area contributed by atoms with E-state index in [1.807, 2.05) is 6.92 Å². The summed E-state index contributed by atoms with van der Waals surface area (Å²) in [4.78, 5) is 4.05. The summed E-state index contributed by atoms with van der Waals surface area (Å²) in [6, 6.07) is 1.80. The quantitative estimate of drug-likeness (QED) is 0.799. The van der Waals surface area contributed by atoms with Crippen LogP contribution in [-0.2, 0) is 9.84 Å². The lowest BCUT2D eigenvalue weighted by Gasteiger charge is -2.07. The minimum absolute atomic E-state index is 0.120. The Morgan fingerprint density at radius 2 is 2.19 bits per heavy atom. The molecular weight excluding hydrogens is 226 g/mol. The Kier molecular flexibility index (Phi) is 4.12. The van der Waals surface area contributed by atoms with Gasteiger partial charge in [-0.25, -0.2) is 13.4 Å². The van der Waals surface area contributed by atoms with Crippen molar-refractivity contribution in [2.24, 2.45) is 0 Å². The van der Waals surface area contributed by atoms with Crippen molar-refractivity contribution in [3.05, 3.63) is 17.8 Å². The minimum atomic E-state index is -2.92. The summed E-state index contributed by atoms with van der Waals surface area (Å²) in [5, 5.41) is 2.96. The number of anilines is 2. The van der Waals surface area contributed by atoms with Gasteiger partial charge in [-0.15, -0.1) is 0 Å². The van der Waals surface area contributed by atoms with Crippen LogP contribution in [0.1, 0.15) is 12.5 Å². The van der Waals surface area contributed by atoms with Crippen molar-refractivity contribution < 1.29 is 8.42 Å². The molecule has 1 aromatic rings. The van der Waals surface area contributed by atoms with E-state index in [4.69, 9.17) is 5.73 Å². The highest BCUT2D eigenvalue weighted by Gasteiger charge is 2.06. The summed E-state index contributed by atoms with van der Waals surface area (Å²) in [5.74, 6) is 0.940. The van der Waals surface area contributed by atoms with E-state index in [9.17, 15) is 8.42 Å². The Hall–Kier alpha value is -1.30. The maximum absolute atomic E-state index is 11.2. The molecule has 1 aromatic heterocycles. The van der Waals surface area contributed by atoms with Crippen LogP contribution in [-0.4, -0.2) is 31.5 Å². The fraction of sp³-hybridized carbons (Fsp3) is 0.500. The van der Waals surface area contributed by atoms with Gasteiger partial charge in [0.15, 0.2) is 9.84 Å². The zero-order valence-corrected chi connectivity index (χ0v) is 10.3. The standard InChI is InChI=1S/C10H17N3O2S/c1-3-16(14,15)5-4-12-10-6-8(2)9(11)7-13-10/h6-7H,3-5,11H2,1-2H3,(H,12,13). The molecule has 0 saturated carbocycles. The molecule has 0 aliphatic rings. The van der Waals surface area contributed by atoms with Crippen LogP contribution in [0.3, 0.4) is 0 Å². The van der Waals surface area contributed by atoms with Crippen LogP contribution in [0.5, 0.6) is 0 Å². The van der Waals surface area contributed by atoms with Crippen molar-refractivity contribution in [2.75, 3.05) is 29.1 Å². The molecule has 0 amide bonds.